The maximum Gasteiger partial charge on any atom is 0.317 e. The third kappa shape index (κ3) is 3.18. The van der Waals surface area contributed by atoms with E-state index in [1.165, 1.54) is 11.8 Å². The zero-order valence-electron chi connectivity index (χ0n) is 13.2. The zero-order valence-corrected chi connectivity index (χ0v) is 14.0. The highest BCUT2D eigenvalue weighted by Gasteiger charge is 2.18. The van der Waals surface area contributed by atoms with Gasteiger partial charge in [-0.3, -0.25) is 4.79 Å². The maximum absolute atomic E-state index is 11.2. The molecule has 0 aliphatic rings. The summed E-state index contributed by atoms with van der Waals surface area (Å²) in [6.07, 6.45) is 0.521. The molecule has 0 aliphatic carbocycles. The van der Waals surface area contributed by atoms with Gasteiger partial charge in [0, 0.05) is 5.56 Å². The molecule has 124 valence electrons. The van der Waals surface area contributed by atoms with E-state index in [1.807, 2.05) is 31.2 Å². The lowest BCUT2D eigenvalue weighted by Crippen LogP contribution is -2.15. The van der Waals surface area contributed by atoms with Crippen LogP contribution >= 0.6 is 11.8 Å². The van der Waals surface area contributed by atoms with Crippen molar-refractivity contribution in [3.05, 3.63) is 36.4 Å². The standard InChI is InChI=1S/C16H16N4O3S/c1-3-12(16(21)22)24-14-9-8-13-17-18-15(20(13)19-14)10-4-6-11(23-2)7-5-10/h4-9,12H,3H2,1-2H3,(H,21,22). The first-order chi connectivity index (χ1) is 11.6. The van der Waals surface area contributed by atoms with Gasteiger partial charge in [0.05, 0.1) is 7.11 Å². The van der Waals surface area contributed by atoms with Crippen LogP contribution in [0.25, 0.3) is 17.0 Å². The highest BCUT2D eigenvalue weighted by Crippen LogP contribution is 2.26. The van der Waals surface area contributed by atoms with Crippen LogP contribution in [0.3, 0.4) is 0 Å². The minimum atomic E-state index is -0.844. The summed E-state index contributed by atoms with van der Waals surface area (Å²) in [6, 6.07) is 11.0. The number of carbonyl (C=O) groups is 1. The van der Waals surface area contributed by atoms with Crippen LogP contribution in [0.5, 0.6) is 5.75 Å². The van der Waals surface area contributed by atoms with E-state index < -0.39 is 11.2 Å². The third-order valence-corrected chi connectivity index (χ3v) is 4.77. The van der Waals surface area contributed by atoms with E-state index in [9.17, 15) is 9.90 Å². The fraction of sp³-hybridized carbons (Fsp3) is 0.250. The molecular formula is C16H16N4O3S. The maximum atomic E-state index is 11.2. The Morgan fingerprint density at radius 3 is 2.62 bits per heavy atom. The van der Waals surface area contributed by atoms with E-state index in [1.54, 1.807) is 23.8 Å². The Bertz CT molecular complexity index is 863. The molecule has 1 N–H and O–H groups in total. The molecule has 0 radical (unpaired) electrons. The van der Waals surface area contributed by atoms with E-state index >= 15 is 0 Å². The molecule has 3 rings (SSSR count). The molecule has 24 heavy (non-hydrogen) atoms. The van der Waals surface area contributed by atoms with Gasteiger partial charge in [-0.05, 0) is 42.8 Å². The van der Waals surface area contributed by atoms with Crippen molar-refractivity contribution in [3.63, 3.8) is 0 Å². The molecule has 2 aromatic heterocycles. The smallest absolute Gasteiger partial charge is 0.317 e. The molecule has 0 bridgehead atoms. The van der Waals surface area contributed by atoms with Crippen LogP contribution in [0.2, 0.25) is 0 Å². The van der Waals surface area contributed by atoms with Gasteiger partial charge >= 0.3 is 5.97 Å². The fourth-order valence-corrected chi connectivity index (χ4v) is 3.04. The van der Waals surface area contributed by atoms with Crippen molar-refractivity contribution in [2.24, 2.45) is 0 Å². The van der Waals surface area contributed by atoms with Crippen LogP contribution in [-0.2, 0) is 4.79 Å². The Labute approximate surface area is 142 Å². The summed E-state index contributed by atoms with van der Waals surface area (Å²) in [4.78, 5) is 11.2. The molecule has 0 spiro atoms. The van der Waals surface area contributed by atoms with Crippen molar-refractivity contribution in [1.29, 1.82) is 0 Å². The molecular weight excluding hydrogens is 328 g/mol. The van der Waals surface area contributed by atoms with E-state index in [4.69, 9.17) is 4.74 Å². The molecule has 2 heterocycles. The highest BCUT2D eigenvalue weighted by atomic mass is 32.2. The van der Waals surface area contributed by atoms with Crippen molar-refractivity contribution in [2.45, 2.75) is 23.6 Å². The van der Waals surface area contributed by atoms with Crippen LogP contribution in [0.4, 0.5) is 0 Å². The van der Waals surface area contributed by atoms with Crippen LogP contribution in [0.15, 0.2) is 41.4 Å². The molecule has 0 fully saturated rings. The van der Waals surface area contributed by atoms with E-state index in [0.717, 1.165) is 11.3 Å². The van der Waals surface area contributed by atoms with Crippen LogP contribution in [0.1, 0.15) is 13.3 Å². The Hall–Kier alpha value is -2.61. The second-order valence-electron chi connectivity index (χ2n) is 5.05. The van der Waals surface area contributed by atoms with Gasteiger partial charge in [-0.2, -0.15) is 9.61 Å². The number of aromatic nitrogens is 4. The Morgan fingerprint density at radius 1 is 1.25 bits per heavy atom. The van der Waals surface area contributed by atoms with Gasteiger partial charge in [0.1, 0.15) is 16.0 Å². The molecule has 1 unspecified atom stereocenters. The normalized spacial score (nSPS) is 12.2. The van der Waals surface area contributed by atoms with Gasteiger partial charge in [-0.1, -0.05) is 18.7 Å². The third-order valence-electron chi connectivity index (χ3n) is 3.50. The quantitative estimate of drug-likeness (QED) is 0.688. The first-order valence-electron chi connectivity index (χ1n) is 7.38. The molecule has 1 aromatic carbocycles. The second-order valence-corrected chi connectivity index (χ2v) is 6.27. The molecule has 0 saturated heterocycles. The fourth-order valence-electron chi connectivity index (χ4n) is 2.21. The predicted molar refractivity (Wildman–Crippen MR) is 90.3 cm³/mol. The summed E-state index contributed by atoms with van der Waals surface area (Å²) in [5.41, 5.74) is 1.46. The number of methoxy groups -OCH3 is 1. The van der Waals surface area contributed by atoms with Gasteiger partial charge in [0.2, 0.25) is 0 Å². The first kappa shape index (κ1) is 16.3. The predicted octanol–water partition coefficient (Wildman–Crippen LogP) is 2.76. The van der Waals surface area contributed by atoms with Gasteiger partial charge in [-0.15, -0.1) is 10.2 Å². The molecule has 1 atom stereocenters. The van der Waals surface area contributed by atoms with Crippen LogP contribution in [-0.4, -0.2) is 43.2 Å². The molecule has 3 aromatic rings. The molecule has 0 aliphatic heterocycles. The first-order valence-corrected chi connectivity index (χ1v) is 8.26. The Morgan fingerprint density at radius 2 is 2.00 bits per heavy atom. The summed E-state index contributed by atoms with van der Waals surface area (Å²) in [5.74, 6) is 0.506. The minimum absolute atomic E-state index is 0.521. The number of fused-ring (bicyclic) bond motifs is 1. The summed E-state index contributed by atoms with van der Waals surface area (Å²) in [7, 11) is 1.61. The topological polar surface area (TPSA) is 89.6 Å². The van der Waals surface area contributed by atoms with E-state index in [-0.39, 0.29) is 0 Å². The summed E-state index contributed by atoms with van der Waals surface area (Å²) >= 11 is 1.22. The largest absolute Gasteiger partial charge is 0.497 e. The van der Waals surface area contributed by atoms with Crippen LogP contribution < -0.4 is 4.74 Å². The number of ether oxygens (including phenoxy) is 1. The van der Waals surface area contributed by atoms with Crippen molar-refractivity contribution >= 4 is 23.4 Å². The molecule has 0 saturated carbocycles. The number of hydrogen-bond acceptors (Lipinski definition) is 6. The minimum Gasteiger partial charge on any atom is -0.497 e. The number of hydrogen-bond donors (Lipinski definition) is 1. The number of carboxylic acid groups (broad SMARTS) is 1. The number of nitrogens with zero attached hydrogens (tertiary/aromatic N) is 4. The number of carboxylic acids is 1. The van der Waals surface area contributed by atoms with Gasteiger partial charge in [0.15, 0.2) is 11.5 Å². The lowest BCUT2D eigenvalue weighted by molar-refractivity contribution is -0.136. The van der Waals surface area contributed by atoms with Crippen molar-refractivity contribution < 1.29 is 14.6 Å². The number of benzene rings is 1. The second kappa shape index (κ2) is 6.88. The van der Waals surface area contributed by atoms with Crippen molar-refractivity contribution in [1.82, 2.24) is 19.8 Å². The van der Waals surface area contributed by atoms with Gasteiger partial charge in [-0.25, -0.2) is 0 Å². The number of rotatable bonds is 6. The monoisotopic (exact) mass is 344 g/mol. The van der Waals surface area contributed by atoms with Crippen molar-refractivity contribution in [3.8, 4) is 17.1 Å². The molecule has 0 amide bonds. The van der Waals surface area contributed by atoms with Gasteiger partial charge in [0.25, 0.3) is 0 Å². The van der Waals surface area contributed by atoms with Crippen LogP contribution in [0, 0.1) is 0 Å². The highest BCUT2D eigenvalue weighted by molar-refractivity contribution is 8.00. The number of thioether (sulfide) groups is 1. The van der Waals surface area contributed by atoms with Gasteiger partial charge < -0.3 is 9.84 Å². The van der Waals surface area contributed by atoms with Crippen molar-refractivity contribution in [2.75, 3.05) is 7.11 Å². The molecule has 8 heteroatoms. The summed E-state index contributed by atoms with van der Waals surface area (Å²) in [5, 5.41) is 22.1. The lowest BCUT2D eigenvalue weighted by atomic mass is 10.2. The average Bonchev–Trinajstić information content (AvgIpc) is 3.02. The molecule has 7 nitrogen and oxygen atoms in total. The Balaban J connectivity index is 1.97. The lowest BCUT2D eigenvalue weighted by Gasteiger charge is -2.08. The SMILES string of the molecule is CCC(Sc1ccc2nnc(-c3ccc(OC)cc3)n2n1)C(=O)O. The van der Waals surface area contributed by atoms with E-state index in [0.29, 0.717) is 22.9 Å². The van der Waals surface area contributed by atoms with E-state index in [2.05, 4.69) is 15.3 Å². The Kier molecular flexibility index (Phi) is 4.66. The summed E-state index contributed by atoms with van der Waals surface area (Å²) < 4.78 is 6.78. The summed E-state index contributed by atoms with van der Waals surface area (Å²) in [6.45, 7) is 1.84. The zero-order chi connectivity index (χ0) is 17.1. The average molecular weight is 344 g/mol. The number of aliphatic carboxylic acids is 1.